The molecule has 8 rings (SSSR count). The van der Waals surface area contributed by atoms with Crippen LogP contribution in [0.4, 0.5) is 9.93 Å². The van der Waals surface area contributed by atoms with E-state index in [0.717, 1.165) is 37.2 Å². The van der Waals surface area contributed by atoms with Crippen molar-refractivity contribution < 1.29 is 80.5 Å². The number of carbonyl (C=O) groups is 7. The predicted octanol–water partition coefficient (Wildman–Crippen LogP) is 4.17. The fourth-order valence-electron chi connectivity index (χ4n) is 10.7. The SMILES string of the molecule is [B]OC(=O)C1=C(C[N+]2(C)[C@@H]3CC[C@H]2CC(NC(=O)c2cc(=O)c(OCc4ccc(OC)cc4)cn2Cc2ccc(OC)cc2OC)C3)CS[C@@H]2[C@H](CC(=O)/C(=N\O[C@@H](C[B]OC=O)C(=O)O[B])c3csc(NC(=O)OC(C)(C)C)n3)C(=O)N12. The predicted molar refractivity (Wildman–Crippen MR) is 303 cm³/mol. The normalized spacial score (nSPS) is 21.2. The number of likely N-dealkylation sites (N-methyl/N-ethyl adjacent to an activating group) is 1. The maximum absolute atomic E-state index is 14.5. The van der Waals surface area contributed by atoms with Crippen LogP contribution in [0.3, 0.4) is 0 Å². The third-order valence-corrected chi connectivity index (χ3v) is 16.9. The molecule has 24 nitrogen and oxygen atoms in total. The molecule has 2 aromatic heterocycles. The zero-order chi connectivity index (χ0) is 59.8. The van der Waals surface area contributed by atoms with E-state index in [1.807, 2.05) is 18.2 Å². The molecule has 4 aliphatic heterocycles. The zero-order valence-electron chi connectivity index (χ0n) is 46.6. The summed E-state index contributed by atoms with van der Waals surface area (Å²) in [7, 11) is 18.3. The number of ether oxygens (including phenoxy) is 5. The van der Waals surface area contributed by atoms with Gasteiger partial charge in [-0.2, -0.15) is 0 Å². The third kappa shape index (κ3) is 14.2. The van der Waals surface area contributed by atoms with Gasteiger partial charge in [0.1, 0.15) is 53.1 Å². The van der Waals surface area contributed by atoms with E-state index in [2.05, 4.69) is 37.1 Å². The Balaban J connectivity index is 0.982. The number of piperidine rings is 1. The van der Waals surface area contributed by atoms with Crippen LogP contribution in [0, 0.1) is 5.92 Å². The van der Waals surface area contributed by atoms with E-state index >= 15 is 0 Å². The highest BCUT2D eigenvalue weighted by molar-refractivity contribution is 8.00. The Morgan fingerprint density at radius 2 is 1.66 bits per heavy atom. The summed E-state index contributed by atoms with van der Waals surface area (Å²) >= 11 is 2.27. The molecular weight excluding hydrogens is 1120 g/mol. The molecule has 29 heteroatoms. The first-order valence-corrected chi connectivity index (χ1v) is 28.1. The number of ketones is 1. The lowest BCUT2D eigenvalue weighted by Crippen LogP contribution is -2.64. The van der Waals surface area contributed by atoms with Crippen LogP contribution in [0.5, 0.6) is 23.0 Å². The van der Waals surface area contributed by atoms with Crippen molar-refractivity contribution in [1.82, 2.24) is 19.8 Å². The van der Waals surface area contributed by atoms with Crippen molar-refractivity contribution in [2.75, 3.05) is 46.0 Å². The summed E-state index contributed by atoms with van der Waals surface area (Å²) in [5.74, 6) is -2.77. The molecule has 4 aromatic rings. The number of hydrogen-bond donors (Lipinski definition) is 2. The quantitative estimate of drug-likeness (QED) is 0.0179. The minimum absolute atomic E-state index is 0.00796. The largest absolute Gasteiger partial charge is 0.541 e. The number of methoxy groups -OCH3 is 3. The van der Waals surface area contributed by atoms with Gasteiger partial charge in [-0.3, -0.25) is 34.2 Å². The highest BCUT2D eigenvalue weighted by Gasteiger charge is 2.57. The van der Waals surface area contributed by atoms with Crippen molar-refractivity contribution in [2.45, 2.75) is 108 Å². The second-order valence-electron chi connectivity index (χ2n) is 21.1. The lowest BCUT2D eigenvalue weighted by molar-refractivity contribution is -0.944. The van der Waals surface area contributed by atoms with Gasteiger partial charge in [0, 0.05) is 78.9 Å². The summed E-state index contributed by atoms with van der Waals surface area (Å²) in [6.45, 7) is 5.68. The summed E-state index contributed by atoms with van der Waals surface area (Å²) in [4.78, 5) is 117. The van der Waals surface area contributed by atoms with Gasteiger partial charge in [-0.1, -0.05) is 17.3 Å². The Hall–Kier alpha value is -7.78. The van der Waals surface area contributed by atoms with Crippen LogP contribution in [0.1, 0.15) is 80.2 Å². The van der Waals surface area contributed by atoms with Crippen molar-refractivity contribution in [1.29, 1.82) is 0 Å². The number of hydrogen-bond acceptors (Lipinski definition) is 21. The number of nitrogens with one attached hydrogen (secondary N) is 2. The number of aromatic nitrogens is 2. The number of oxime groups is 1. The monoisotopic (exact) mass is 1180 g/mol. The van der Waals surface area contributed by atoms with Crippen LogP contribution >= 0.6 is 23.1 Å². The van der Waals surface area contributed by atoms with Crippen LogP contribution in [0.25, 0.3) is 0 Å². The van der Waals surface area contributed by atoms with Crippen molar-refractivity contribution in [3.05, 3.63) is 104 Å². The second-order valence-corrected chi connectivity index (χ2v) is 23.1. The Labute approximate surface area is 489 Å². The summed E-state index contributed by atoms with van der Waals surface area (Å²) in [6, 6.07) is 13.6. The number of pyridine rings is 1. The number of thioether (sulfide) groups is 1. The minimum atomic E-state index is -1.60. The van der Waals surface area contributed by atoms with Crippen molar-refractivity contribution in [3.63, 3.8) is 0 Å². The molecule has 7 atom stereocenters. The Bertz CT molecular complexity index is 3230. The standard InChI is InChI=1S/C54H59B3N7O17S2/c1-54(2,3)78-53(72)60-52-59-38(27-83-52)45(61-81-43(50(70)79-55)21-57-77-28-65)41(67)19-37-48(69)63-46(51(71)80-56)31(26-82-49(37)63)24-64(4)33-11-12-34(64)17-32(16-33)58-47(68)39-20-40(66)44(76-25-29-8-13-35(73-5)14-9-29)23-62(39)22-30-10-15-36(74-6)18-42(30)75-7/h8-10,13-15,18,20,23,27-28,32-34,37,43,49H,11-12,16-17,19,21-22,24-26H2,1-7H3,(H-,58,59,60,68,72)/p+1/b61-45-/t32?,33-,34+,37-,43+,49-,64?/m1/s1. The van der Waals surface area contributed by atoms with Gasteiger partial charge < -0.3 is 56.9 Å². The van der Waals surface area contributed by atoms with Crippen molar-refractivity contribution >= 4 is 99.6 Å². The average molecular weight is 1180 g/mol. The molecule has 5 radical (unpaired) electrons. The smallest absolute Gasteiger partial charge is 0.413 e. The van der Waals surface area contributed by atoms with E-state index in [4.69, 9.17) is 49.3 Å². The Morgan fingerprint density at radius 1 is 0.952 bits per heavy atom. The van der Waals surface area contributed by atoms with E-state index < -0.39 is 82.5 Å². The molecular formula is C54H60B3N7O17S2+. The van der Waals surface area contributed by atoms with Gasteiger partial charge in [-0.25, -0.2) is 19.4 Å². The molecule has 0 aliphatic carbocycles. The maximum Gasteiger partial charge on any atom is 0.413 e. The number of fused-ring (bicyclic) bond motifs is 3. The van der Waals surface area contributed by atoms with Gasteiger partial charge >= 0.3 is 41.6 Å². The first-order valence-electron chi connectivity index (χ1n) is 26.2. The number of quaternary nitrogens is 1. The average Bonchev–Trinajstić information content (AvgIpc) is 2.07. The third-order valence-electron chi connectivity index (χ3n) is 14.8. The van der Waals surface area contributed by atoms with Gasteiger partial charge in [0.2, 0.25) is 17.4 Å². The highest BCUT2D eigenvalue weighted by atomic mass is 32.2. The molecule has 3 fully saturated rings. The molecule has 2 bridgehead atoms. The van der Waals surface area contributed by atoms with E-state index in [1.54, 1.807) is 63.8 Å². The molecule has 2 N–H and O–H groups in total. The van der Waals surface area contributed by atoms with E-state index in [0.29, 0.717) is 52.3 Å². The fraction of sp³-hybridized carbons (Fsp3) is 0.444. The summed E-state index contributed by atoms with van der Waals surface area (Å²) in [5, 5.41) is 10.3. The van der Waals surface area contributed by atoms with Gasteiger partial charge in [0.15, 0.2) is 22.4 Å². The van der Waals surface area contributed by atoms with Crippen LogP contribution in [0.15, 0.2) is 81.3 Å². The van der Waals surface area contributed by atoms with Crippen LogP contribution in [-0.2, 0) is 60.7 Å². The molecule has 4 aliphatic rings. The number of Topliss-reactive ketones (excluding diaryl/α,β-unsaturated/α-hetero) is 1. The molecule has 2 aromatic carbocycles. The molecule has 2 unspecified atom stereocenters. The van der Waals surface area contributed by atoms with Gasteiger partial charge in [0.25, 0.3) is 12.4 Å². The Morgan fingerprint density at radius 3 is 2.31 bits per heavy atom. The summed E-state index contributed by atoms with van der Waals surface area (Å²) in [6.07, 6.45) is 0.996. The molecule has 6 heterocycles. The minimum Gasteiger partial charge on any atom is -0.541 e. The highest BCUT2D eigenvalue weighted by Crippen LogP contribution is 2.48. The number of carbonyl (C=O) groups excluding carboxylic acids is 7. The maximum atomic E-state index is 14.5. The number of thiazole rings is 1. The second kappa shape index (κ2) is 26.6. The molecule has 3 amide bonds. The van der Waals surface area contributed by atoms with Crippen LogP contribution < -0.4 is 35.0 Å². The lowest BCUT2D eigenvalue weighted by atomic mass is 9.88. The van der Waals surface area contributed by atoms with Crippen molar-refractivity contribution in [3.8, 4) is 23.0 Å². The fourth-order valence-corrected chi connectivity index (χ4v) is 12.8. The number of β-lactam (4-membered cyclic amide) rings is 1. The van der Waals surface area contributed by atoms with Crippen molar-refractivity contribution in [2.24, 2.45) is 11.1 Å². The number of nitrogens with zero attached hydrogens (tertiary/aromatic N) is 5. The Kier molecular flexibility index (Phi) is 19.7. The topological polar surface area (TPSA) is 277 Å². The molecule has 0 saturated carbocycles. The van der Waals surface area contributed by atoms with Crippen LogP contribution in [0.2, 0.25) is 6.32 Å². The first kappa shape index (κ1) is 61.3. The summed E-state index contributed by atoms with van der Waals surface area (Å²) in [5.41, 5.74) is 0.352. The first-order chi connectivity index (χ1) is 39.7. The molecule has 0 spiro atoms. The molecule has 3 saturated heterocycles. The number of amides is 3. The van der Waals surface area contributed by atoms with E-state index in [1.165, 1.54) is 41.4 Å². The molecule has 433 valence electrons. The molecule has 83 heavy (non-hydrogen) atoms. The number of anilines is 1. The number of rotatable bonds is 25. The zero-order valence-corrected chi connectivity index (χ0v) is 48.2. The lowest BCUT2D eigenvalue weighted by Gasteiger charge is -2.52. The van der Waals surface area contributed by atoms with Gasteiger partial charge in [0.05, 0.1) is 64.5 Å². The van der Waals surface area contributed by atoms with E-state index in [-0.39, 0.29) is 71.5 Å². The van der Waals surface area contributed by atoms with Gasteiger partial charge in [-0.15, -0.1) is 23.1 Å². The summed E-state index contributed by atoms with van der Waals surface area (Å²) < 4.78 is 43.5. The van der Waals surface area contributed by atoms with Gasteiger partial charge in [-0.05, 0) is 50.6 Å². The van der Waals surface area contributed by atoms with E-state index in [9.17, 15) is 38.4 Å². The van der Waals surface area contributed by atoms with Crippen LogP contribution in [-0.4, -0.2) is 166 Å². The number of benzene rings is 2.